The molecule has 2 aromatic carbocycles. The average molecular weight is 456 g/mol. The predicted octanol–water partition coefficient (Wildman–Crippen LogP) is 8.18. The van der Waals surface area contributed by atoms with Crippen molar-refractivity contribution in [3.05, 3.63) is 35.4 Å². The molecule has 0 bridgehead atoms. The van der Waals surface area contributed by atoms with E-state index in [1.807, 2.05) is 18.2 Å². The fourth-order valence-corrected chi connectivity index (χ4v) is 3.77. The highest BCUT2D eigenvalue weighted by Gasteiger charge is 2.08. The molecule has 150 valence electrons. The SMILES string of the molecule is CCCCCCCCOc1ccc2c(Cl)c(OCCCCCBr)ccc2c1. The summed E-state index contributed by atoms with van der Waals surface area (Å²) in [5, 5.41) is 3.84. The lowest BCUT2D eigenvalue weighted by atomic mass is 10.1. The summed E-state index contributed by atoms with van der Waals surface area (Å²) in [4.78, 5) is 0. The molecule has 0 radical (unpaired) electrons. The number of unbranched alkanes of at least 4 members (excludes halogenated alkanes) is 7. The molecule has 0 fully saturated rings. The number of alkyl halides is 1. The van der Waals surface area contributed by atoms with E-state index in [0.717, 1.165) is 53.5 Å². The first-order chi connectivity index (χ1) is 13.3. The van der Waals surface area contributed by atoms with Gasteiger partial charge in [0.25, 0.3) is 0 Å². The Hall–Kier alpha value is -0.930. The monoisotopic (exact) mass is 454 g/mol. The third-order valence-electron chi connectivity index (χ3n) is 4.69. The lowest BCUT2D eigenvalue weighted by molar-refractivity contribution is 0.304. The Labute approximate surface area is 177 Å². The van der Waals surface area contributed by atoms with E-state index in [1.165, 1.54) is 38.5 Å². The third-order valence-corrected chi connectivity index (χ3v) is 5.64. The van der Waals surface area contributed by atoms with Crippen LogP contribution in [0.1, 0.15) is 64.7 Å². The van der Waals surface area contributed by atoms with E-state index in [9.17, 15) is 0 Å². The van der Waals surface area contributed by atoms with Gasteiger partial charge in [-0.3, -0.25) is 0 Å². The van der Waals surface area contributed by atoms with Crippen molar-refractivity contribution in [2.24, 2.45) is 0 Å². The number of hydrogen-bond donors (Lipinski definition) is 0. The van der Waals surface area contributed by atoms with Gasteiger partial charge in [0.05, 0.1) is 18.2 Å². The van der Waals surface area contributed by atoms with Crippen LogP contribution in [0.3, 0.4) is 0 Å². The molecular weight excluding hydrogens is 424 g/mol. The van der Waals surface area contributed by atoms with Crippen LogP contribution in [0.5, 0.6) is 11.5 Å². The summed E-state index contributed by atoms with van der Waals surface area (Å²) in [5.74, 6) is 1.68. The Morgan fingerprint density at radius 2 is 1.52 bits per heavy atom. The van der Waals surface area contributed by atoms with Gasteiger partial charge in [-0.15, -0.1) is 0 Å². The van der Waals surface area contributed by atoms with Crippen molar-refractivity contribution < 1.29 is 9.47 Å². The van der Waals surface area contributed by atoms with Crippen molar-refractivity contribution in [2.75, 3.05) is 18.5 Å². The molecule has 4 heteroatoms. The number of rotatable bonds is 14. The summed E-state index contributed by atoms with van der Waals surface area (Å²) in [6.45, 7) is 3.73. The standard InChI is InChI=1S/C23H32BrClO2/c1-2-3-4-5-6-9-16-26-20-12-13-21-19(18-20)11-14-22(23(21)25)27-17-10-7-8-15-24/h11-14,18H,2-10,15-17H2,1H3. The predicted molar refractivity (Wildman–Crippen MR) is 121 cm³/mol. The van der Waals surface area contributed by atoms with Crippen LogP contribution in [-0.2, 0) is 0 Å². The lowest BCUT2D eigenvalue weighted by Crippen LogP contribution is -1.99. The van der Waals surface area contributed by atoms with Crippen LogP contribution in [0.15, 0.2) is 30.3 Å². The Morgan fingerprint density at radius 1 is 0.815 bits per heavy atom. The second-order valence-electron chi connectivity index (χ2n) is 6.97. The first-order valence-electron chi connectivity index (χ1n) is 10.3. The van der Waals surface area contributed by atoms with Crippen LogP contribution in [0.25, 0.3) is 10.8 Å². The fraction of sp³-hybridized carbons (Fsp3) is 0.565. The summed E-state index contributed by atoms with van der Waals surface area (Å²) in [6.07, 6.45) is 11.0. The van der Waals surface area contributed by atoms with Crippen LogP contribution in [-0.4, -0.2) is 18.5 Å². The number of benzene rings is 2. The molecule has 0 aromatic heterocycles. The second-order valence-corrected chi connectivity index (χ2v) is 8.15. The fourth-order valence-electron chi connectivity index (χ4n) is 3.08. The summed E-state index contributed by atoms with van der Waals surface area (Å²) in [7, 11) is 0. The quantitative estimate of drug-likeness (QED) is 0.211. The molecule has 0 saturated heterocycles. The highest BCUT2D eigenvalue weighted by molar-refractivity contribution is 9.09. The number of ether oxygens (including phenoxy) is 2. The van der Waals surface area contributed by atoms with Gasteiger partial charge in [0.2, 0.25) is 0 Å². The van der Waals surface area contributed by atoms with Crippen molar-refractivity contribution in [1.29, 1.82) is 0 Å². The van der Waals surface area contributed by atoms with Gasteiger partial charge in [0.15, 0.2) is 0 Å². The Kier molecular flexibility index (Phi) is 11.0. The molecule has 2 aromatic rings. The molecule has 0 heterocycles. The van der Waals surface area contributed by atoms with Crippen LogP contribution in [0, 0.1) is 0 Å². The smallest absolute Gasteiger partial charge is 0.138 e. The van der Waals surface area contributed by atoms with E-state index in [2.05, 4.69) is 35.0 Å². The van der Waals surface area contributed by atoms with Gasteiger partial charge in [-0.05, 0) is 55.3 Å². The van der Waals surface area contributed by atoms with E-state index < -0.39 is 0 Å². The summed E-state index contributed by atoms with van der Waals surface area (Å²) in [6, 6.07) is 10.1. The Balaban J connectivity index is 1.83. The normalized spacial score (nSPS) is 11.1. The highest BCUT2D eigenvalue weighted by atomic mass is 79.9. The Bertz CT molecular complexity index is 675. The number of hydrogen-bond acceptors (Lipinski definition) is 2. The zero-order valence-electron chi connectivity index (χ0n) is 16.4. The summed E-state index contributed by atoms with van der Waals surface area (Å²) in [5.41, 5.74) is 0. The first kappa shape index (κ1) is 22.4. The molecule has 0 saturated carbocycles. The van der Waals surface area contributed by atoms with Gasteiger partial charge in [0.1, 0.15) is 11.5 Å². The maximum absolute atomic E-state index is 6.55. The van der Waals surface area contributed by atoms with Gasteiger partial charge in [-0.25, -0.2) is 0 Å². The highest BCUT2D eigenvalue weighted by Crippen LogP contribution is 2.34. The van der Waals surface area contributed by atoms with Crippen molar-refractivity contribution >= 4 is 38.3 Å². The van der Waals surface area contributed by atoms with E-state index in [-0.39, 0.29) is 0 Å². The van der Waals surface area contributed by atoms with Gasteiger partial charge in [-0.2, -0.15) is 0 Å². The molecule has 2 nitrogen and oxygen atoms in total. The van der Waals surface area contributed by atoms with Crippen LogP contribution < -0.4 is 9.47 Å². The van der Waals surface area contributed by atoms with Crippen molar-refractivity contribution in [3.63, 3.8) is 0 Å². The molecule has 27 heavy (non-hydrogen) atoms. The zero-order chi connectivity index (χ0) is 19.3. The zero-order valence-corrected chi connectivity index (χ0v) is 18.8. The molecule has 0 unspecified atom stereocenters. The van der Waals surface area contributed by atoms with Gasteiger partial charge >= 0.3 is 0 Å². The molecule has 0 atom stereocenters. The van der Waals surface area contributed by atoms with Gasteiger partial charge < -0.3 is 9.47 Å². The summed E-state index contributed by atoms with van der Waals surface area (Å²) < 4.78 is 11.8. The van der Waals surface area contributed by atoms with E-state index in [0.29, 0.717) is 11.6 Å². The van der Waals surface area contributed by atoms with E-state index >= 15 is 0 Å². The van der Waals surface area contributed by atoms with E-state index in [4.69, 9.17) is 21.1 Å². The van der Waals surface area contributed by atoms with Crippen LogP contribution in [0.2, 0.25) is 5.02 Å². The van der Waals surface area contributed by atoms with E-state index in [1.54, 1.807) is 0 Å². The molecule has 0 N–H and O–H groups in total. The molecular formula is C23H32BrClO2. The van der Waals surface area contributed by atoms with Crippen LogP contribution in [0.4, 0.5) is 0 Å². The lowest BCUT2D eigenvalue weighted by Gasteiger charge is -2.12. The van der Waals surface area contributed by atoms with Gasteiger partial charge in [-0.1, -0.05) is 72.6 Å². The third kappa shape index (κ3) is 7.91. The maximum Gasteiger partial charge on any atom is 0.138 e. The second kappa shape index (κ2) is 13.3. The van der Waals surface area contributed by atoms with Gasteiger partial charge in [0, 0.05) is 10.7 Å². The molecule has 0 aliphatic rings. The van der Waals surface area contributed by atoms with Crippen molar-refractivity contribution in [1.82, 2.24) is 0 Å². The minimum atomic E-state index is 0.690. The minimum Gasteiger partial charge on any atom is -0.494 e. The van der Waals surface area contributed by atoms with Crippen molar-refractivity contribution in [2.45, 2.75) is 64.7 Å². The molecule has 0 aliphatic carbocycles. The van der Waals surface area contributed by atoms with Crippen molar-refractivity contribution in [3.8, 4) is 11.5 Å². The number of halogens is 2. The van der Waals surface area contributed by atoms with Crippen LogP contribution >= 0.6 is 27.5 Å². The Morgan fingerprint density at radius 3 is 2.30 bits per heavy atom. The average Bonchev–Trinajstić information content (AvgIpc) is 2.68. The summed E-state index contributed by atoms with van der Waals surface area (Å²) >= 11 is 10.00. The molecule has 0 aliphatic heterocycles. The largest absolute Gasteiger partial charge is 0.494 e. The maximum atomic E-state index is 6.55. The number of fused-ring (bicyclic) bond motifs is 1. The molecule has 0 spiro atoms. The first-order valence-corrected chi connectivity index (χ1v) is 11.8. The minimum absolute atomic E-state index is 0.690. The molecule has 0 amide bonds. The molecule has 2 rings (SSSR count). The topological polar surface area (TPSA) is 18.5 Å².